The minimum Gasteiger partial charge on any atom is -0.384 e. The Morgan fingerprint density at radius 3 is 3.00 bits per heavy atom. The summed E-state index contributed by atoms with van der Waals surface area (Å²) in [7, 11) is 1.70. The molecule has 0 aliphatic carbocycles. The molecule has 1 aliphatic rings. The summed E-state index contributed by atoms with van der Waals surface area (Å²) >= 11 is 7.79. The molecule has 0 aromatic heterocycles. The molecule has 1 aromatic rings. The summed E-state index contributed by atoms with van der Waals surface area (Å²) in [5, 5.41) is 4.07. The van der Waals surface area contributed by atoms with Gasteiger partial charge in [0.05, 0.1) is 12.3 Å². The van der Waals surface area contributed by atoms with E-state index in [0.29, 0.717) is 22.8 Å². The number of ether oxygens (including phenoxy) is 1. The zero-order chi connectivity index (χ0) is 16.1. The largest absolute Gasteiger partial charge is 0.384 e. The summed E-state index contributed by atoms with van der Waals surface area (Å²) in [6, 6.07) is 5.56. The topological polar surface area (TPSA) is 41.6 Å². The van der Waals surface area contributed by atoms with Gasteiger partial charge in [0.25, 0.3) is 0 Å². The number of benzene rings is 1. The lowest BCUT2D eigenvalue weighted by atomic mass is 10.1. The highest BCUT2D eigenvalue weighted by Crippen LogP contribution is 2.33. The average molecular weight is 343 g/mol. The van der Waals surface area contributed by atoms with Crippen LogP contribution in [0.4, 0.5) is 10.5 Å². The van der Waals surface area contributed by atoms with E-state index in [0.717, 1.165) is 30.1 Å². The third-order valence-corrected chi connectivity index (χ3v) is 4.84. The molecule has 0 spiro atoms. The van der Waals surface area contributed by atoms with Crippen LogP contribution < -0.4 is 5.32 Å². The van der Waals surface area contributed by atoms with Gasteiger partial charge in [-0.3, -0.25) is 0 Å². The van der Waals surface area contributed by atoms with Crippen molar-refractivity contribution in [3.05, 3.63) is 23.2 Å². The lowest BCUT2D eigenvalue weighted by Gasteiger charge is -2.19. The van der Waals surface area contributed by atoms with Gasteiger partial charge in [-0.1, -0.05) is 25.4 Å². The van der Waals surface area contributed by atoms with Gasteiger partial charge < -0.3 is 15.0 Å². The van der Waals surface area contributed by atoms with E-state index in [9.17, 15) is 4.79 Å². The van der Waals surface area contributed by atoms with E-state index >= 15 is 0 Å². The number of amides is 2. The second-order valence-electron chi connectivity index (χ2n) is 5.79. The Kier molecular flexibility index (Phi) is 6.41. The van der Waals surface area contributed by atoms with Crippen molar-refractivity contribution in [2.75, 3.05) is 32.1 Å². The number of methoxy groups -OCH3 is 1. The van der Waals surface area contributed by atoms with Crippen molar-refractivity contribution in [3.8, 4) is 0 Å². The predicted octanol–water partition coefficient (Wildman–Crippen LogP) is 4.34. The zero-order valence-electron chi connectivity index (χ0n) is 13.3. The Labute approximate surface area is 141 Å². The normalized spacial score (nSPS) is 18.0. The fourth-order valence-electron chi connectivity index (χ4n) is 2.54. The first-order valence-electron chi connectivity index (χ1n) is 7.50. The molecular weight excluding hydrogens is 320 g/mol. The number of carbonyl (C=O) groups excluding carboxylic acids is 1. The van der Waals surface area contributed by atoms with E-state index < -0.39 is 0 Å². The van der Waals surface area contributed by atoms with Crippen molar-refractivity contribution >= 4 is 35.1 Å². The standard InChI is InChI=1S/C16H23ClN2O2S/c1-11(2)22-15-5-4-13(17)8-14(15)18-16(20)19-7-6-12(9-19)10-21-3/h4-5,8,11-12H,6-7,9-10H2,1-3H3,(H,18,20)/t12-/m1/s1. The summed E-state index contributed by atoms with van der Waals surface area (Å²) in [6.45, 7) is 6.47. The molecule has 0 unspecified atom stereocenters. The third kappa shape index (κ3) is 4.80. The molecule has 0 bridgehead atoms. The van der Waals surface area contributed by atoms with Crippen LogP contribution in [0.3, 0.4) is 0 Å². The first-order valence-corrected chi connectivity index (χ1v) is 8.76. The summed E-state index contributed by atoms with van der Waals surface area (Å²) < 4.78 is 5.17. The van der Waals surface area contributed by atoms with Crippen molar-refractivity contribution in [1.29, 1.82) is 0 Å². The first-order chi connectivity index (χ1) is 10.5. The van der Waals surface area contributed by atoms with Crippen LogP contribution in [0.15, 0.2) is 23.1 Å². The molecule has 1 aromatic carbocycles. The van der Waals surface area contributed by atoms with Gasteiger partial charge in [-0.05, 0) is 24.6 Å². The van der Waals surface area contributed by atoms with Gasteiger partial charge in [-0.2, -0.15) is 0 Å². The van der Waals surface area contributed by atoms with Gasteiger partial charge in [-0.15, -0.1) is 11.8 Å². The highest BCUT2D eigenvalue weighted by atomic mass is 35.5. The number of likely N-dealkylation sites (tertiary alicyclic amines) is 1. The average Bonchev–Trinajstić information content (AvgIpc) is 2.90. The molecule has 0 saturated carbocycles. The summed E-state index contributed by atoms with van der Waals surface area (Å²) in [5.74, 6) is 0.430. The molecule has 2 rings (SSSR count). The number of carbonyl (C=O) groups is 1. The van der Waals surface area contributed by atoms with Gasteiger partial charge in [-0.25, -0.2) is 4.79 Å². The van der Waals surface area contributed by atoms with Crippen molar-refractivity contribution in [2.24, 2.45) is 5.92 Å². The zero-order valence-corrected chi connectivity index (χ0v) is 14.8. The third-order valence-electron chi connectivity index (χ3n) is 3.52. The number of nitrogens with zero attached hydrogens (tertiary/aromatic N) is 1. The number of thioether (sulfide) groups is 1. The number of anilines is 1. The Hall–Kier alpha value is -0.910. The monoisotopic (exact) mass is 342 g/mol. The molecule has 1 fully saturated rings. The van der Waals surface area contributed by atoms with Gasteiger partial charge in [0.1, 0.15) is 0 Å². The minimum atomic E-state index is -0.0634. The number of hydrogen-bond donors (Lipinski definition) is 1. The van der Waals surface area contributed by atoms with E-state index in [2.05, 4.69) is 19.2 Å². The minimum absolute atomic E-state index is 0.0634. The van der Waals surface area contributed by atoms with Crippen molar-refractivity contribution < 1.29 is 9.53 Å². The molecule has 22 heavy (non-hydrogen) atoms. The van der Waals surface area contributed by atoms with Crippen LogP contribution in [-0.2, 0) is 4.74 Å². The Morgan fingerprint density at radius 1 is 1.55 bits per heavy atom. The van der Waals surface area contributed by atoms with Gasteiger partial charge in [0, 0.05) is 41.3 Å². The summed E-state index contributed by atoms with van der Waals surface area (Å²) in [4.78, 5) is 15.3. The quantitative estimate of drug-likeness (QED) is 0.809. The smallest absolute Gasteiger partial charge is 0.321 e. The second-order valence-corrected chi connectivity index (χ2v) is 7.85. The highest BCUT2D eigenvalue weighted by Gasteiger charge is 2.26. The van der Waals surface area contributed by atoms with Gasteiger partial charge in [0.2, 0.25) is 0 Å². The van der Waals surface area contributed by atoms with E-state index in [-0.39, 0.29) is 6.03 Å². The fourth-order valence-corrected chi connectivity index (χ4v) is 3.60. The molecule has 0 radical (unpaired) electrons. The molecule has 122 valence electrons. The second kappa shape index (κ2) is 8.09. The molecule has 1 aliphatic heterocycles. The fraction of sp³-hybridized carbons (Fsp3) is 0.562. The van der Waals surface area contributed by atoms with E-state index in [1.165, 1.54) is 0 Å². The maximum absolute atomic E-state index is 12.4. The predicted molar refractivity (Wildman–Crippen MR) is 93.0 cm³/mol. The number of hydrogen-bond acceptors (Lipinski definition) is 3. The van der Waals surface area contributed by atoms with Crippen molar-refractivity contribution in [2.45, 2.75) is 30.4 Å². The maximum Gasteiger partial charge on any atom is 0.321 e. The number of urea groups is 1. The summed E-state index contributed by atoms with van der Waals surface area (Å²) in [5.41, 5.74) is 0.784. The van der Waals surface area contributed by atoms with Crippen LogP contribution in [0, 0.1) is 5.92 Å². The highest BCUT2D eigenvalue weighted by molar-refractivity contribution is 8.00. The lowest BCUT2D eigenvalue weighted by molar-refractivity contribution is 0.154. The van der Waals surface area contributed by atoms with E-state index in [4.69, 9.17) is 16.3 Å². The SMILES string of the molecule is COC[C@@H]1CCN(C(=O)Nc2cc(Cl)ccc2SC(C)C)C1. The lowest BCUT2D eigenvalue weighted by Crippen LogP contribution is -2.33. The van der Waals surface area contributed by atoms with Gasteiger partial charge >= 0.3 is 6.03 Å². The molecule has 1 saturated heterocycles. The molecule has 2 amide bonds. The van der Waals surface area contributed by atoms with E-state index in [1.807, 2.05) is 23.1 Å². The molecule has 6 heteroatoms. The van der Waals surface area contributed by atoms with Crippen molar-refractivity contribution in [1.82, 2.24) is 4.90 Å². The molecule has 1 heterocycles. The number of rotatable bonds is 5. The van der Waals surface area contributed by atoms with Crippen LogP contribution in [0.1, 0.15) is 20.3 Å². The van der Waals surface area contributed by atoms with Gasteiger partial charge in [0.15, 0.2) is 0 Å². The Bertz CT molecular complexity index is 525. The van der Waals surface area contributed by atoms with Crippen LogP contribution in [0.5, 0.6) is 0 Å². The molecule has 4 nitrogen and oxygen atoms in total. The Morgan fingerprint density at radius 2 is 2.32 bits per heavy atom. The van der Waals surface area contributed by atoms with Crippen LogP contribution in [0.25, 0.3) is 0 Å². The number of halogens is 1. The van der Waals surface area contributed by atoms with Crippen molar-refractivity contribution in [3.63, 3.8) is 0 Å². The molecule has 1 atom stereocenters. The van der Waals surface area contributed by atoms with Crippen LogP contribution >= 0.6 is 23.4 Å². The molecule has 1 N–H and O–H groups in total. The molecular formula is C16H23ClN2O2S. The summed E-state index contributed by atoms with van der Waals surface area (Å²) in [6.07, 6.45) is 0.990. The maximum atomic E-state index is 12.4. The van der Waals surface area contributed by atoms with Crippen LogP contribution in [0.2, 0.25) is 5.02 Å². The first kappa shape index (κ1) is 17.4. The van der Waals surface area contributed by atoms with Crippen LogP contribution in [-0.4, -0.2) is 43.0 Å². The number of nitrogens with one attached hydrogen (secondary N) is 1. The Balaban J connectivity index is 2.03. The van der Waals surface area contributed by atoms with E-state index in [1.54, 1.807) is 18.9 Å².